The summed E-state index contributed by atoms with van der Waals surface area (Å²) in [5, 5.41) is 28.1. The lowest BCUT2D eigenvalue weighted by molar-refractivity contribution is -0.148. The van der Waals surface area contributed by atoms with E-state index < -0.39 is 30.1 Å². The SMILES string of the molecule is CC(=O)OCC1c2ccccc2-c2ccccc21.N[C@@H](CCO)C(=O)O.O=C(N[C@@H](CCO)C(=O)OCc1ccccc1)OCC1c2ccccc2-c2ccccc21. The summed E-state index contributed by atoms with van der Waals surface area (Å²) in [4.78, 5) is 45.7. The summed E-state index contributed by atoms with van der Waals surface area (Å²) in [7, 11) is 0. The number of ether oxygens (including phenoxy) is 3. The number of amides is 1. The van der Waals surface area contributed by atoms with Gasteiger partial charge in [-0.15, -0.1) is 0 Å². The fourth-order valence-electron chi connectivity index (χ4n) is 6.89. The first-order valence-corrected chi connectivity index (χ1v) is 19.0. The number of hydrogen-bond acceptors (Lipinski definition) is 10. The molecule has 0 aromatic heterocycles. The van der Waals surface area contributed by atoms with Crippen molar-refractivity contribution in [1.82, 2.24) is 5.32 Å². The van der Waals surface area contributed by atoms with E-state index in [4.69, 9.17) is 30.2 Å². The van der Waals surface area contributed by atoms with Crippen LogP contribution in [0, 0.1) is 0 Å². The van der Waals surface area contributed by atoms with Crippen molar-refractivity contribution in [3.63, 3.8) is 0 Å². The van der Waals surface area contributed by atoms with Gasteiger partial charge in [-0.05, 0) is 56.5 Å². The molecule has 2 atom stereocenters. The molecule has 0 saturated carbocycles. The van der Waals surface area contributed by atoms with Gasteiger partial charge in [0.15, 0.2) is 0 Å². The van der Waals surface area contributed by atoms with Crippen LogP contribution in [0.25, 0.3) is 22.3 Å². The minimum Gasteiger partial charge on any atom is -0.480 e. The standard InChI is InChI=1S/C26H25NO5.C16H14O2.C4H9NO3/c28-15-14-24(25(29)31-16-18-8-2-1-3-9-18)27-26(30)32-17-23-21-12-6-4-10-19(21)20-11-5-7-13-22(20)23;1-11(17)18-10-16-14-8-4-2-6-12(14)13-7-3-5-9-15(13)16;5-3(1-2-6)4(7)8/h1-13,23-24,28H,14-17H2,(H,27,30);2-9,16H,10H2,1H3;3,6H,1-2,5H2,(H,7,8)/t24-;;3-/m0.0/s1. The van der Waals surface area contributed by atoms with Crippen LogP contribution in [0.3, 0.4) is 0 Å². The molecular weight excluding hydrogens is 741 g/mol. The van der Waals surface area contributed by atoms with Gasteiger partial charge in [0.25, 0.3) is 0 Å². The number of aliphatic hydroxyl groups excluding tert-OH is 2. The molecule has 5 aromatic carbocycles. The third-order valence-electron chi connectivity index (χ3n) is 9.74. The van der Waals surface area contributed by atoms with Crippen LogP contribution in [-0.2, 0) is 35.2 Å². The molecule has 1 amide bonds. The lowest BCUT2D eigenvalue weighted by Gasteiger charge is -2.18. The van der Waals surface area contributed by atoms with Crippen molar-refractivity contribution in [2.24, 2.45) is 5.73 Å². The molecule has 0 saturated heterocycles. The highest BCUT2D eigenvalue weighted by Gasteiger charge is 2.31. The molecule has 12 nitrogen and oxygen atoms in total. The third-order valence-corrected chi connectivity index (χ3v) is 9.74. The molecule has 58 heavy (non-hydrogen) atoms. The Morgan fingerprint density at radius 2 is 1.02 bits per heavy atom. The predicted molar refractivity (Wildman–Crippen MR) is 218 cm³/mol. The minimum absolute atomic E-state index is 0.0395. The Bertz CT molecular complexity index is 2070. The largest absolute Gasteiger partial charge is 0.480 e. The predicted octanol–water partition coefficient (Wildman–Crippen LogP) is 6.16. The maximum absolute atomic E-state index is 12.5. The number of nitrogens with two attached hydrogens (primary N) is 1. The van der Waals surface area contributed by atoms with Crippen LogP contribution in [-0.4, -0.2) is 77.8 Å². The van der Waals surface area contributed by atoms with Crippen molar-refractivity contribution < 1.29 is 48.7 Å². The van der Waals surface area contributed by atoms with Crippen molar-refractivity contribution in [2.45, 2.75) is 50.3 Å². The van der Waals surface area contributed by atoms with Crippen LogP contribution in [0.2, 0.25) is 0 Å². The second kappa shape index (κ2) is 21.3. The molecule has 12 heteroatoms. The fraction of sp³-hybridized carbons (Fsp3) is 0.261. The van der Waals surface area contributed by atoms with Gasteiger partial charge in [-0.2, -0.15) is 0 Å². The summed E-state index contributed by atoms with van der Waals surface area (Å²) in [6.07, 6.45) is -0.561. The quantitative estimate of drug-likeness (QED) is 0.0677. The van der Waals surface area contributed by atoms with Gasteiger partial charge >= 0.3 is 24.0 Å². The molecule has 0 aliphatic heterocycles. The number of carboxylic acid groups (broad SMARTS) is 1. The monoisotopic (exact) mass is 788 g/mol. The maximum Gasteiger partial charge on any atom is 0.407 e. The Morgan fingerprint density at radius 3 is 1.41 bits per heavy atom. The molecule has 0 spiro atoms. The summed E-state index contributed by atoms with van der Waals surface area (Å²) in [5.74, 6) is -1.82. The van der Waals surface area contributed by atoms with Gasteiger partial charge in [0.1, 0.15) is 31.9 Å². The number of aliphatic hydroxyl groups is 2. The second-order valence-electron chi connectivity index (χ2n) is 13.6. The molecule has 302 valence electrons. The normalized spacial score (nSPS) is 13.0. The number of alkyl carbamates (subject to hydrolysis) is 1. The number of rotatable bonds is 13. The average molecular weight is 789 g/mol. The molecule has 2 aliphatic rings. The van der Waals surface area contributed by atoms with Gasteiger partial charge in [0.2, 0.25) is 0 Å². The summed E-state index contributed by atoms with van der Waals surface area (Å²) in [5.41, 5.74) is 15.3. The topological polar surface area (TPSA) is 195 Å². The molecule has 5 aromatic rings. The molecule has 0 radical (unpaired) electrons. The second-order valence-corrected chi connectivity index (χ2v) is 13.6. The first-order chi connectivity index (χ1) is 28.1. The van der Waals surface area contributed by atoms with E-state index in [0.717, 1.165) is 27.8 Å². The Hall–Kier alpha value is -6.34. The Labute approximate surface area is 337 Å². The highest BCUT2D eigenvalue weighted by Crippen LogP contribution is 2.45. The first-order valence-electron chi connectivity index (χ1n) is 19.0. The third kappa shape index (κ3) is 11.2. The lowest BCUT2D eigenvalue weighted by atomic mass is 9.98. The van der Waals surface area contributed by atoms with Gasteiger partial charge in [-0.25, -0.2) is 9.59 Å². The molecule has 7 rings (SSSR count). The highest BCUT2D eigenvalue weighted by atomic mass is 16.6. The summed E-state index contributed by atoms with van der Waals surface area (Å²) < 4.78 is 16.0. The van der Waals surface area contributed by atoms with Crippen molar-refractivity contribution in [2.75, 3.05) is 26.4 Å². The molecule has 0 unspecified atom stereocenters. The minimum atomic E-state index is -1.07. The van der Waals surface area contributed by atoms with Gasteiger partial charge in [-0.1, -0.05) is 127 Å². The zero-order valence-electron chi connectivity index (χ0n) is 32.2. The number of carbonyl (C=O) groups is 4. The number of fused-ring (bicyclic) bond motifs is 6. The Kier molecular flexibility index (Phi) is 15.7. The number of aliphatic carboxylic acids is 1. The van der Waals surface area contributed by atoms with Crippen LogP contribution in [0.1, 0.15) is 59.4 Å². The van der Waals surface area contributed by atoms with Crippen molar-refractivity contribution in [1.29, 1.82) is 0 Å². The summed E-state index contributed by atoms with van der Waals surface area (Å²) >= 11 is 0. The van der Waals surface area contributed by atoms with E-state index in [9.17, 15) is 24.3 Å². The smallest absolute Gasteiger partial charge is 0.407 e. The van der Waals surface area contributed by atoms with E-state index in [1.807, 2.05) is 91.0 Å². The zero-order valence-corrected chi connectivity index (χ0v) is 32.2. The Morgan fingerprint density at radius 1 is 0.603 bits per heavy atom. The van der Waals surface area contributed by atoms with Gasteiger partial charge in [0, 0.05) is 38.4 Å². The van der Waals surface area contributed by atoms with Crippen LogP contribution >= 0.6 is 0 Å². The first kappa shape index (κ1) is 42.8. The van der Waals surface area contributed by atoms with Gasteiger partial charge in [-0.3, -0.25) is 9.59 Å². The van der Waals surface area contributed by atoms with E-state index in [0.29, 0.717) is 6.61 Å². The molecule has 6 N–H and O–H groups in total. The average Bonchev–Trinajstić information content (AvgIpc) is 3.74. The number of benzene rings is 5. The van der Waals surface area contributed by atoms with Crippen molar-refractivity contribution in [3.05, 3.63) is 155 Å². The van der Waals surface area contributed by atoms with Crippen LogP contribution in [0.15, 0.2) is 127 Å². The van der Waals surface area contributed by atoms with E-state index in [-0.39, 0.29) is 57.1 Å². The molecule has 0 heterocycles. The molecule has 0 fully saturated rings. The van der Waals surface area contributed by atoms with Crippen LogP contribution in [0.4, 0.5) is 4.79 Å². The van der Waals surface area contributed by atoms with E-state index in [1.165, 1.54) is 29.2 Å². The number of nitrogens with one attached hydrogen (secondary N) is 1. The van der Waals surface area contributed by atoms with E-state index >= 15 is 0 Å². The Balaban J connectivity index is 0.000000205. The number of hydrogen-bond donors (Lipinski definition) is 5. The molecule has 2 aliphatic carbocycles. The highest BCUT2D eigenvalue weighted by molar-refractivity contribution is 5.82. The lowest BCUT2D eigenvalue weighted by Crippen LogP contribution is -2.43. The number of carboxylic acids is 1. The summed E-state index contributed by atoms with van der Waals surface area (Å²) in [6, 6.07) is 40.1. The number of carbonyl (C=O) groups excluding carboxylic acids is 3. The van der Waals surface area contributed by atoms with E-state index in [1.54, 1.807) is 0 Å². The zero-order chi connectivity index (χ0) is 41.4. The molecular formula is C46H48N2O10. The van der Waals surface area contributed by atoms with Crippen molar-refractivity contribution in [3.8, 4) is 22.3 Å². The van der Waals surface area contributed by atoms with Gasteiger partial charge < -0.3 is 40.6 Å². The number of esters is 2. The van der Waals surface area contributed by atoms with E-state index in [2.05, 4.69) is 41.7 Å². The molecule has 0 bridgehead atoms. The van der Waals surface area contributed by atoms with Gasteiger partial charge in [0.05, 0.1) is 0 Å². The van der Waals surface area contributed by atoms with Crippen LogP contribution < -0.4 is 11.1 Å². The van der Waals surface area contributed by atoms with Crippen LogP contribution in [0.5, 0.6) is 0 Å². The van der Waals surface area contributed by atoms with Crippen molar-refractivity contribution >= 4 is 24.0 Å². The maximum atomic E-state index is 12.5. The fourth-order valence-corrected chi connectivity index (χ4v) is 6.89. The summed E-state index contributed by atoms with van der Waals surface area (Å²) in [6.45, 7) is 1.66.